The van der Waals surface area contributed by atoms with Crippen molar-refractivity contribution in [2.45, 2.75) is 64.6 Å². The number of fused-ring (bicyclic) bond motifs is 1. The van der Waals surface area contributed by atoms with Gasteiger partial charge in [-0.15, -0.1) is 0 Å². The number of hydrogen-bond donors (Lipinski definition) is 0. The van der Waals surface area contributed by atoms with Gasteiger partial charge in [-0.25, -0.2) is 0 Å². The van der Waals surface area contributed by atoms with Crippen LogP contribution in [0, 0.1) is 25.7 Å². The Morgan fingerprint density at radius 1 is 1.12 bits per heavy atom. The van der Waals surface area contributed by atoms with Crippen LogP contribution in [0.5, 0.6) is 0 Å². The van der Waals surface area contributed by atoms with Gasteiger partial charge in [-0.3, -0.25) is 9.48 Å². The van der Waals surface area contributed by atoms with Crippen LogP contribution in [0.3, 0.4) is 0 Å². The first-order chi connectivity index (χ1) is 11.3. The minimum absolute atomic E-state index is 0.261. The Morgan fingerprint density at radius 3 is 2.21 bits per heavy atom. The Labute approximate surface area is 146 Å². The van der Waals surface area contributed by atoms with E-state index in [0.717, 1.165) is 29.3 Å². The second kappa shape index (κ2) is 6.87. The first-order valence-corrected chi connectivity index (χ1v) is 9.28. The van der Waals surface area contributed by atoms with Gasteiger partial charge in [-0.1, -0.05) is 0 Å². The standard InChI is InChI=1S/C19H32N4O/c1-13-8-14(2)23(20-13)7-6-19(24)22(5)18-11-15-9-17(21(3)4)10-16(15)12-18/h8,15-18H,6-7,9-12H2,1-5H3/t15-,16+,17?,18?. The third-order valence-corrected chi connectivity index (χ3v) is 6.28. The molecular formula is C19H32N4O. The van der Waals surface area contributed by atoms with Crippen LogP contribution in [-0.4, -0.2) is 58.7 Å². The molecule has 3 rings (SSSR count). The van der Waals surface area contributed by atoms with E-state index in [4.69, 9.17) is 0 Å². The van der Waals surface area contributed by atoms with E-state index < -0.39 is 0 Å². The average Bonchev–Trinajstić information content (AvgIpc) is 3.16. The van der Waals surface area contributed by atoms with Crippen molar-refractivity contribution < 1.29 is 4.79 Å². The quantitative estimate of drug-likeness (QED) is 0.832. The zero-order chi connectivity index (χ0) is 17.4. The molecule has 0 bridgehead atoms. The fourth-order valence-electron chi connectivity index (χ4n) is 4.77. The summed E-state index contributed by atoms with van der Waals surface area (Å²) in [5.74, 6) is 1.89. The summed E-state index contributed by atoms with van der Waals surface area (Å²) in [6.45, 7) is 4.73. The third kappa shape index (κ3) is 3.51. The predicted molar refractivity (Wildman–Crippen MR) is 95.8 cm³/mol. The van der Waals surface area contributed by atoms with Gasteiger partial charge in [0.1, 0.15) is 0 Å². The van der Waals surface area contributed by atoms with Crippen LogP contribution in [0.4, 0.5) is 0 Å². The maximum atomic E-state index is 12.6. The third-order valence-electron chi connectivity index (χ3n) is 6.28. The van der Waals surface area contributed by atoms with Crippen molar-refractivity contribution in [2.24, 2.45) is 11.8 Å². The van der Waals surface area contributed by atoms with Gasteiger partial charge in [0.2, 0.25) is 5.91 Å². The minimum Gasteiger partial charge on any atom is -0.343 e. The smallest absolute Gasteiger partial charge is 0.224 e. The second-order valence-corrected chi connectivity index (χ2v) is 8.14. The molecule has 2 aliphatic rings. The van der Waals surface area contributed by atoms with E-state index in [-0.39, 0.29) is 5.91 Å². The van der Waals surface area contributed by atoms with Crippen LogP contribution < -0.4 is 0 Å². The molecule has 5 nitrogen and oxygen atoms in total. The molecule has 1 aromatic heterocycles. The lowest BCUT2D eigenvalue weighted by Crippen LogP contribution is -2.37. The van der Waals surface area contributed by atoms with Gasteiger partial charge < -0.3 is 9.80 Å². The molecule has 2 unspecified atom stereocenters. The Bertz CT molecular complexity index is 580. The van der Waals surface area contributed by atoms with Gasteiger partial charge in [-0.05, 0) is 71.5 Å². The average molecular weight is 332 g/mol. The van der Waals surface area contributed by atoms with E-state index in [1.165, 1.54) is 25.7 Å². The second-order valence-electron chi connectivity index (χ2n) is 8.14. The summed E-state index contributed by atoms with van der Waals surface area (Å²) in [7, 11) is 6.38. The highest BCUT2D eigenvalue weighted by atomic mass is 16.2. The molecule has 2 aliphatic carbocycles. The van der Waals surface area contributed by atoms with Crippen LogP contribution in [0.2, 0.25) is 0 Å². The lowest BCUT2D eigenvalue weighted by molar-refractivity contribution is -0.132. The van der Waals surface area contributed by atoms with Crippen molar-refractivity contribution in [1.29, 1.82) is 0 Å². The summed E-state index contributed by atoms with van der Waals surface area (Å²) in [6, 6.07) is 3.25. The molecule has 5 heteroatoms. The number of carbonyl (C=O) groups excluding carboxylic acids is 1. The first kappa shape index (κ1) is 17.5. The van der Waals surface area contributed by atoms with Crippen molar-refractivity contribution in [1.82, 2.24) is 19.6 Å². The molecule has 0 aromatic carbocycles. The molecule has 0 aliphatic heterocycles. The first-order valence-electron chi connectivity index (χ1n) is 9.28. The Balaban J connectivity index is 1.50. The lowest BCUT2D eigenvalue weighted by atomic mass is 10.0. The van der Waals surface area contributed by atoms with Crippen molar-refractivity contribution in [3.05, 3.63) is 17.5 Å². The number of hydrogen-bond acceptors (Lipinski definition) is 3. The number of rotatable bonds is 5. The van der Waals surface area contributed by atoms with Gasteiger partial charge in [-0.2, -0.15) is 5.10 Å². The van der Waals surface area contributed by atoms with E-state index in [2.05, 4.69) is 30.2 Å². The Morgan fingerprint density at radius 2 is 1.71 bits per heavy atom. The van der Waals surface area contributed by atoms with Crippen LogP contribution in [-0.2, 0) is 11.3 Å². The molecule has 1 amide bonds. The number of aromatic nitrogens is 2. The normalized spacial score (nSPS) is 29.2. The number of aryl methyl sites for hydroxylation is 3. The van der Waals surface area contributed by atoms with E-state index >= 15 is 0 Å². The highest BCUT2D eigenvalue weighted by Crippen LogP contribution is 2.46. The predicted octanol–water partition coefficient (Wildman–Crippen LogP) is 2.47. The highest BCUT2D eigenvalue weighted by molar-refractivity contribution is 5.76. The Kier molecular flexibility index (Phi) is 5.00. The molecule has 0 N–H and O–H groups in total. The topological polar surface area (TPSA) is 41.4 Å². The fraction of sp³-hybridized carbons (Fsp3) is 0.789. The molecular weight excluding hydrogens is 300 g/mol. The molecule has 2 fully saturated rings. The summed E-state index contributed by atoms with van der Waals surface area (Å²) >= 11 is 0. The van der Waals surface area contributed by atoms with Crippen molar-refractivity contribution in [3.8, 4) is 0 Å². The SMILES string of the molecule is Cc1cc(C)n(CCC(=O)N(C)C2C[C@H]3CC(N(C)C)C[C@H]3C2)n1. The molecule has 134 valence electrons. The zero-order valence-corrected chi connectivity index (χ0v) is 15.8. The Hall–Kier alpha value is -1.36. The summed E-state index contributed by atoms with van der Waals surface area (Å²) in [6.07, 6.45) is 5.54. The van der Waals surface area contributed by atoms with Gasteiger partial charge >= 0.3 is 0 Å². The minimum atomic E-state index is 0.261. The van der Waals surface area contributed by atoms with Gasteiger partial charge in [0.15, 0.2) is 0 Å². The van der Waals surface area contributed by atoms with Crippen LogP contribution in [0.25, 0.3) is 0 Å². The number of carbonyl (C=O) groups is 1. The summed E-state index contributed by atoms with van der Waals surface area (Å²) in [5, 5.41) is 4.45. The fourth-order valence-corrected chi connectivity index (χ4v) is 4.77. The largest absolute Gasteiger partial charge is 0.343 e. The van der Waals surface area contributed by atoms with Crippen LogP contribution in [0.1, 0.15) is 43.5 Å². The summed E-state index contributed by atoms with van der Waals surface area (Å²) in [5.41, 5.74) is 2.15. The van der Waals surface area contributed by atoms with E-state index in [1.807, 2.05) is 30.5 Å². The molecule has 1 heterocycles. The van der Waals surface area contributed by atoms with Gasteiger partial charge in [0.25, 0.3) is 0 Å². The van der Waals surface area contributed by atoms with E-state index in [1.54, 1.807) is 0 Å². The van der Waals surface area contributed by atoms with E-state index in [9.17, 15) is 4.79 Å². The van der Waals surface area contributed by atoms with Crippen molar-refractivity contribution in [3.63, 3.8) is 0 Å². The maximum absolute atomic E-state index is 12.6. The highest BCUT2D eigenvalue weighted by Gasteiger charge is 2.43. The summed E-state index contributed by atoms with van der Waals surface area (Å²) < 4.78 is 1.95. The van der Waals surface area contributed by atoms with Crippen molar-refractivity contribution in [2.75, 3.05) is 21.1 Å². The summed E-state index contributed by atoms with van der Waals surface area (Å²) in [4.78, 5) is 17.0. The molecule has 0 radical (unpaired) electrons. The van der Waals surface area contributed by atoms with Crippen LogP contribution in [0.15, 0.2) is 6.07 Å². The van der Waals surface area contributed by atoms with Crippen molar-refractivity contribution >= 4 is 5.91 Å². The van der Waals surface area contributed by atoms with Gasteiger partial charge in [0.05, 0.1) is 5.69 Å². The molecule has 2 saturated carbocycles. The lowest BCUT2D eigenvalue weighted by Gasteiger charge is -2.27. The number of amides is 1. The molecule has 0 saturated heterocycles. The molecule has 1 aromatic rings. The molecule has 4 atom stereocenters. The molecule has 0 spiro atoms. The number of nitrogens with zero attached hydrogens (tertiary/aromatic N) is 4. The monoisotopic (exact) mass is 332 g/mol. The van der Waals surface area contributed by atoms with Crippen LogP contribution >= 0.6 is 0 Å². The molecule has 24 heavy (non-hydrogen) atoms. The zero-order valence-electron chi connectivity index (χ0n) is 15.8. The van der Waals surface area contributed by atoms with E-state index in [0.29, 0.717) is 19.0 Å². The van der Waals surface area contributed by atoms with Gasteiger partial charge in [0, 0.05) is 37.8 Å². The maximum Gasteiger partial charge on any atom is 0.224 e.